The molecule has 1 aromatic rings. The van der Waals surface area contributed by atoms with E-state index in [-0.39, 0.29) is 0 Å². The van der Waals surface area contributed by atoms with E-state index in [0.717, 1.165) is 23.7 Å². The summed E-state index contributed by atoms with van der Waals surface area (Å²) in [5, 5.41) is 9.39. The van der Waals surface area contributed by atoms with Crippen LogP contribution in [0.1, 0.15) is 69.8 Å². The monoisotopic (exact) mass is 272 g/mol. The molecule has 20 heavy (non-hydrogen) atoms. The van der Waals surface area contributed by atoms with Crippen molar-refractivity contribution in [1.29, 1.82) is 0 Å². The number of hydrogen-bond acceptors (Lipinski definition) is 1. The van der Waals surface area contributed by atoms with E-state index in [0.29, 0.717) is 5.75 Å². The molecule has 0 bridgehead atoms. The first-order valence-corrected chi connectivity index (χ1v) is 8.51. The molecule has 0 spiro atoms. The zero-order valence-corrected chi connectivity index (χ0v) is 12.7. The summed E-state index contributed by atoms with van der Waals surface area (Å²) in [6.07, 6.45) is 11.4. The van der Waals surface area contributed by atoms with Crippen molar-refractivity contribution in [2.45, 2.75) is 64.2 Å². The molecule has 0 radical (unpaired) electrons. The third kappa shape index (κ3) is 3.19. The maximum Gasteiger partial charge on any atom is 0.115 e. The van der Waals surface area contributed by atoms with E-state index in [1.54, 1.807) is 0 Å². The largest absolute Gasteiger partial charge is 0.508 e. The molecule has 2 aliphatic rings. The third-order valence-corrected chi connectivity index (χ3v) is 5.86. The summed E-state index contributed by atoms with van der Waals surface area (Å²) in [7, 11) is 0. The topological polar surface area (TPSA) is 20.2 Å². The van der Waals surface area contributed by atoms with Crippen LogP contribution < -0.4 is 0 Å². The van der Waals surface area contributed by atoms with Gasteiger partial charge in [-0.05, 0) is 79.9 Å². The lowest BCUT2D eigenvalue weighted by molar-refractivity contribution is 0.165. The Hall–Kier alpha value is -0.980. The molecular formula is C19H28O. The van der Waals surface area contributed by atoms with Crippen molar-refractivity contribution in [3.63, 3.8) is 0 Å². The van der Waals surface area contributed by atoms with Crippen LogP contribution >= 0.6 is 0 Å². The Kier molecular flexibility index (Phi) is 4.33. The summed E-state index contributed by atoms with van der Waals surface area (Å²) in [5.74, 6) is 4.11. The van der Waals surface area contributed by atoms with Gasteiger partial charge in [0.25, 0.3) is 0 Å². The van der Waals surface area contributed by atoms with Gasteiger partial charge in [-0.25, -0.2) is 0 Å². The second-order valence-corrected chi connectivity index (χ2v) is 7.22. The standard InChI is InChI=1S/C19H28O/c1-14-2-4-15(5-3-14)16-6-8-17(9-7-16)18-10-12-19(20)13-11-18/h10-17,20H,2-9H2,1H3. The van der Waals surface area contributed by atoms with E-state index in [1.165, 1.54) is 56.9 Å². The number of benzene rings is 1. The van der Waals surface area contributed by atoms with E-state index < -0.39 is 0 Å². The van der Waals surface area contributed by atoms with Crippen molar-refractivity contribution < 1.29 is 5.11 Å². The van der Waals surface area contributed by atoms with Crippen LogP contribution in [0.15, 0.2) is 24.3 Å². The van der Waals surface area contributed by atoms with Crippen molar-refractivity contribution in [1.82, 2.24) is 0 Å². The van der Waals surface area contributed by atoms with Gasteiger partial charge in [0.05, 0.1) is 0 Å². The van der Waals surface area contributed by atoms with Crippen LogP contribution in [0.25, 0.3) is 0 Å². The lowest BCUT2D eigenvalue weighted by atomic mass is 9.68. The lowest BCUT2D eigenvalue weighted by Crippen LogP contribution is -2.24. The van der Waals surface area contributed by atoms with Crippen LogP contribution in [-0.4, -0.2) is 5.11 Å². The Bertz CT molecular complexity index is 406. The van der Waals surface area contributed by atoms with E-state index in [4.69, 9.17) is 0 Å². The SMILES string of the molecule is CC1CCC(C2CCC(c3ccc(O)cc3)CC2)CC1. The third-order valence-electron chi connectivity index (χ3n) is 5.86. The van der Waals surface area contributed by atoms with Gasteiger partial charge in [-0.3, -0.25) is 0 Å². The molecule has 0 unspecified atom stereocenters. The smallest absolute Gasteiger partial charge is 0.115 e. The fraction of sp³-hybridized carbons (Fsp3) is 0.684. The number of hydrogen-bond donors (Lipinski definition) is 1. The molecule has 1 nitrogen and oxygen atoms in total. The van der Waals surface area contributed by atoms with Crippen LogP contribution in [0, 0.1) is 17.8 Å². The molecule has 2 fully saturated rings. The second kappa shape index (κ2) is 6.20. The van der Waals surface area contributed by atoms with Gasteiger partial charge in [0.1, 0.15) is 5.75 Å². The maximum atomic E-state index is 9.39. The predicted molar refractivity (Wildman–Crippen MR) is 83.9 cm³/mol. The van der Waals surface area contributed by atoms with Crippen molar-refractivity contribution in [2.75, 3.05) is 0 Å². The molecule has 0 atom stereocenters. The minimum atomic E-state index is 0.388. The molecule has 1 N–H and O–H groups in total. The summed E-state index contributed by atoms with van der Waals surface area (Å²) >= 11 is 0. The molecule has 110 valence electrons. The highest BCUT2D eigenvalue weighted by Gasteiger charge is 2.30. The molecule has 0 aliphatic heterocycles. The van der Waals surface area contributed by atoms with Crippen LogP contribution in [-0.2, 0) is 0 Å². The Labute approximate surface area is 123 Å². The van der Waals surface area contributed by atoms with Crippen LogP contribution in [0.2, 0.25) is 0 Å². The Morgan fingerprint density at radius 2 is 1.25 bits per heavy atom. The first-order valence-electron chi connectivity index (χ1n) is 8.51. The molecule has 0 aromatic heterocycles. The van der Waals surface area contributed by atoms with Gasteiger partial charge >= 0.3 is 0 Å². The molecule has 1 aromatic carbocycles. The van der Waals surface area contributed by atoms with Gasteiger partial charge in [0, 0.05) is 0 Å². The molecule has 0 heterocycles. The average Bonchev–Trinajstić information content (AvgIpc) is 2.49. The second-order valence-electron chi connectivity index (χ2n) is 7.22. The number of aromatic hydroxyl groups is 1. The zero-order chi connectivity index (χ0) is 13.9. The van der Waals surface area contributed by atoms with Crippen molar-refractivity contribution >= 4 is 0 Å². The fourth-order valence-electron chi connectivity index (χ4n) is 4.43. The highest BCUT2D eigenvalue weighted by atomic mass is 16.3. The van der Waals surface area contributed by atoms with E-state index in [9.17, 15) is 5.11 Å². The molecule has 2 aliphatic carbocycles. The highest BCUT2D eigenvalue weighted by molar-refractivity contribution is 5.28. The first-order chi connectivity index (χ1) is 9.72. The minimum Gasteiger partial charge on any atom is -0.508 e. The average molecular weight is 272 g/mol. The minimum absolute atomic E-state index is 0.388. The van der Waals surface area contributed by atoms with E-state index in [2.05, 4.69) is 19.1 Å². The lowest BCUT2D eigenvalue weighted by Gasteiger charge is -2.37. The first kappa shape index (κ1) is 14.0. The summed E-state index contributed by atoms with van der Waals surface area (Å²) in [6, 6.07) is 7.90. The van der Waals surface area contributed by atoms with Gasteiger partial charge in [-0.2, -0.15) is 0 Å². The number of phenolic OH excluding ortho intramolecular Hbond substituents is 1. The van der Waals surface area contributed by atoms with Crippen molar-refractivity contribution in [3.8, 4) is 5.75 Å². The highest BCUT2D eigenvalue weighted by Crippen LogP contribution is 2.43. The Balaban J connectivity index is 1.53. The van der Waals surface area contributed by atoms with Crippen LogP contribution in [0.3, 0.4) is 0 Å². The number of rotatable bonds is 2. The van der Waals surface area contributed by atoms with Crippen LogP contribution in [0.5, 0.6) is 5.75 Å². The summed E-state index contributed by atoms with van der Waals surface area (Å²) in [6.45, 7) is 2.41. The van der Waals surface area contributed by atoms with Gasteiger partial charge in [-0.1, -0.05) is 31.9 Å². The summed E-state index contributed by atoms with van der Waals surface area (Å²) < 4.78 is 0. The summed E-state index contributed by atoms with van der Waals surface area (Å²) in [5.41, 5.74) is 1.43. The predicted octanol–water partition coefficient (Wildman–Crippen LogP) is 5.49. The molecular weight excluding hydrogens is 244 g/mol. The molecule has 3 rings (SSSR count). The molecule has 0 amide bonds. The van der Waals surface area contributed by atoms with Crippen molar-refractivity contribution in [3.05, 3.63) is 29.8 Å². The van der Waals surface area contributed by atoms with E-state index in [1.807, 2.05) is 12.1 Å². The fourth-order valence-corrected chi connectivity index (χ4v) is 4.43. The Morgan fingerprint density at radius 3 is 1.80 bits per heavy atom. The van der Waals surface area contributed by atoms with Crippen molar-refractivity contribution in [2.24, 2.45) is 17.8 Å². The molecule has 2 saturated carbocycles. The van der Waals surface area contributed by atoms with Gasteiger partial charge < -0.3 is 5.11 Å². The molecule has 0 saturated heterocycles. The maximum absolute atomic E-state index is 9.39. The van der Waals surface area contributed by atoms with E-state index >= 15 is 0 Å². The van der Waals surface area contributed by atoms with Crippen LogP contribution in [0.4, 0.5) is 0 Å². The van der Waals surface area contributed by atoms with Gasteiger partial charge in [0.2, 0.25) is 0 Å². The molecule has 1 heteroatoms. The number of phenols is 1. The van der Waals surface area contributed by atoms with Gasteiger partial charge in [-0.15, -0.1) is 0 Å². The zero-order valence-electron chi connectivity index (χ0n) is 12.7. The van der Waals surface area contributed by atoms with Gasteiger partial charge in [0.15, 0.2) is 0 Å². The quantitative estimate of drug-likeness (QED) is 0.754. The Morgan fingerprint density at radius 1 is 0.750 bits per heavy atom. The normalized spacial score (nSPS) is 34.9. The summed E-state index contributed by atoms with van der Waals surface area (Å²) in [4.78, 5) is 0.